The Hall–Kier alpha value is -3.43. The molecule has 1 N–H and O–H groups in total. The fourth-order valence-corrected chi connectivity index (χ4v) is 5.49. The third kappa shape index (κ3) is 6.90. The van der Waals surface area contributed by atoms with E-state index in [0.717, 1.165) is 4.31 Å². The molecule has 1 atom stereocenters. The summed E-state index contributed by atoms with van der Waals surface area (Å²) < 4.78 is 43.1. The van der Waals surface area contributed by atoms with Crippen LogP contribution < -0.4 is 9.62 Å². The normalized spacial score (nSPS) is 12.2. The van der Waals surface area contributed by atoms with Gasteiger partial charge in [0.1, 0.15) is 18.4 Å². The molecule has 0 spiro atoms. The van der Waals surface area contributed by atoms with E-state index in [2.05, 4.69) is 5.32 Å². The van der Waals surface area contributed by atoms with Crippen LogP contribution in [0.4, 0.5) is 10.1 Å². The number of aryl methyl sites for hydroxylation is 1. The van der Waals surface area contributed by atoms with E-state index in [1.54, 1.807) is 51.1 Å². The van der Waals surface area contributed by atoms with Crippen molar-refractivity contribution >= 4 is 39.1 Å². The van der Waals surface area contributed by atoms with E-state index in [0.29, 0.717) is 16.3 Å². The second-order valence-electron chi connectivity index (χ2n) is 9.20. The van der Waals surface area contributed by atoms with Gasteiger partial charge in [-0.1, -0.05) is 48.0 Å². The number of rotatable bonds is 10. The van der Waals surface area contributed by atoms with Crippen molar-refractivity contribution in [1.29, 1.82) is 0 Å². The molecule has 7 nitrogen and oxygen atoms in total. The van der Waals surface area contributed by atoms with Crippen molar-refractivity contribution in [2.75, 3.05) is 10.8 Å². The van der Waals surface area contributed by atoms with E-state index in [4.69, 9.17) is 11.6 Å². The van der Waals surface area contributed by atoms with Crippen LogP contribution in [0.1, 0.15) is 31.9 Å². The molecule has 0 radical (unpaired) electrons. The fraction of sp³-hybridized carbons (Fsp3) is 0.286. The van der Waals surface area contributed by atoms with Crippen molar-refractivity contribution in [2.45, 2.75) is 51.2 Å². The molecule has 3 aromatic carbocycles. The molecule has 3 rings (SSSR count). The van der Waals surface area contributed by atoms with Crippen LogP contribution in [-0.4, -0.2) is 43.8 Å². The van der Waals surface area contributed by atoms with Crippen molar-refractivity contribution in [3.63, 3.8) is 0 Å². The minimum absolute atomic E-state index is 0.0517. The molecule has 0 bridgehead atoms. The third-order valence-corrected chi connectivity index (χ3v) is 7.99. The van der Waals surface area contributed by atoms with Crippen LogP contribution >= 0.6 is 11.6 Å². The first-order chi connectivity index (χ1) is 17.9. The molecule has 202 valence electrons. The summed E-state index contributed by atoms with van der Waals surface area (Å²) in [5.41, 5.74) is 1.14. The van der Waals surface area contributed by atoms with Crippen molar-refractivity contribution < 1.29 is 22.4 Å². The second-order valence-corrected chi connectivity index (χ2v) is 11.5. The van der Waals surface area contributed by atoms with Crippen LogP contribution in [0.5, 0.6) is 0 Å². The monoisotopic (exact) mass is 559 g/mol. The van der Waals surface area contributed by atoms with Gasteiger partial charge < -0.3 is 10.2 Å². The Kier molecular flexibility index (Phi) is 9.51. The van der Waals surface area contributed by atoms with Gasteiger partial charge in [-0.05, 0) is 69.7 Å². The lowest BCUT2D eigenvalue weighted by Crippen LogP contribution is -2.52. The Bertz CT molecular complexity index is 1400. The van der Waals surface area contributed by atoms with Crippen LogP contribution in [0.25, 0.3) is 0 Å². The number of hydrogen-bond donors (Lipinski definition) is 1. The topological polar surface area (TPSA) is 86.8 Å². The van der Waals surface area contributed by atoms with Crippen molar-refractivity contribution in [3.05, 3.63) is 94.8 Å². The summed E-state index contributed by atoms with van der Waals surface area (Å²) in [6.45, 7) is 6.01. The second kappa shape index (κ2) is 12.4. The summed E-state index contributed by atoms with van der Waals surface area (Å²) in [5, 5.41) is 3.13. The molecule has 0 unspecified atom stereocenters. The van der Waals surface area contributed by atoms with E-state index in [1.165, 1.54) is 54.3 Å². The fourth-order valence-electron chi connectivity index (χ4n) is 3.89. The molecule has 0 aliphatic carbocycles. The molecule has 0 aliphatic heterocycles. The first-order valence-corrected chi connectivity index (χ1v) is 13.9. The van der Waals surface area contributed by atoms with Gasteiger partial charge in [-0.2, -0.15) is 0 Å². The van der Waals surface area contributed by atoms with E-state index >= 15 is 0 Å². The van der Waals surface area contributed by atoms with E-state index in [1.807, 2.05) is 0 Å². The predicted molar refractivity (Wildman–Crippen MR) is 147 cm³/mol. The standard InChI is InChI=1S/C28H31ClFN3O4S/c1-19(2)31-28(35)21(4)32(17-22-10-6-7-11-25(22)30)27(34)18-33(26-12-8-5-9-20(26)3)38(36,37)24-15-13-23(29)14-16-24/h5-16,19,21H,17-18H2,1-4H3,(H,31,35)/t21-/m0/s1. The molecule has 3 aromatic rings. The Morgan fingerprint density at radius 1 is 0.947 bits per heavy atom. The SMILES string of the molecule is Cc1ccccc1N(CC(=O)N(Cc1ccccc1F)[C@@H](C)C(=O)NC(C)C)S(=O)(=O)c1ccc(Cl)cc1. The van der Waals surface area contributed by atoms with Crippen LogP contribution in [-0.2, 0) is 26.2 Å². The summed E-state index contributed by atoms with van der Waals surface area (Å²) in [7, 11) is -4.22. The van der Waals surface area contributed by atoms with E-state index in [9.17, 15) is 22.4 Å². The highest BCUT2D eigenvalue weighted by Crippen LogP contribution is 2.28. The first kappa shape index (κ1) is 29.1. The molecule has 0 aromatic heterocycles. The van der Waals surface area contributed by atoms with Crippen LogP contribution in [0.15, 0.2) is 77.7 Å². The molecule has 10 heteroatoms. The number of carbonyl (C=O) groups excluding carboxylic acids is 2. The number of nitrogens with zero attached hydrogens (tertiary/aromatic N) is 2. The maximum Gasteiger partial charge on any atom is 0.264 e. The van der Waals surface area contributed by atoms with Gasteiger partial charge in [-0.3, -0.25) is 13.9 Å². The van der Waals surface area contributed by atoms with Crippen LogP contribution in [0.3, 0.4) is 0 Å². The maximum absolute atomic E-state index is 14.6. The largest absolute Gasteiger partial charge is 0.352 e. The lowest BCUT2D eigenvalue weighted by Gasteiger charge is -2.32. The lowest BCUT2D eigenvalue weighted by atomic mass is 10.1. The zero-order chi connectivity index (χ0) is 28.0. The molecular formula is C28H31ClFN3O4S. The van der Waals surface area contributed by atoms with Gasteiger partial charge in [0, 0.05) is 23.2 Å². The summed E-state index contributed by atoms with van der Waals surface area (Å²) in [6, 6.07) is 17.2. The number of para-hydroxylation sites is 1. The summed E-state index contributed by atoms with van der Waals surface area (Å²) in [5.74, 6) is -1.64. The molecule has 0 aliphatic rings. The zero-order valence-corrected chi connectivity index (χ0v) is 23.3. The quantitative estimate of drug-likeness (QED) is 0.382. The van der Waals surface area contributed by atoms with Gasteiger partial charge in [0.05, 0.1) is 10.6 Å². The number of hydrogen-bond acceptors (Lipinski definition) is 4. The summed E-state index contributed by atoms with van der Waals surface area (Å²) in [6.07, 6.45) is 0. The average Bonchev–Trinajstić information content (AvgIpc) is 2.86. The molecule has 0 heterocycles. The summed E-state index contributed by atoms with van der Waals surface area (Å²) >= 11 is 5.96. The molecule has 0 fully saturated rings. The number of benzene rings is 3. The first-order valence-electron chi connectivity index (χ1n) is 12.1. The number of carbonyl (C=O) groups is 2. The highest BCUT2D eigenvalue weighted by molar-refractivity contribution is 7.92. The van der Waals surface area contributed by atoms with E-state index < -0.39 is 40.2 Å². The third-order valence-electron chi connectivity index (χ3n) is 5.96. The lowest BCUT2D eigenvalue weighted by molar-refractivity contribution is -0.139. The van der Waals surface area contributed by atoms with Gasteiger partial charge >= 0.3 is 0 Å². The van der Waals surface area contributed by atoms with Gasteiger partial charge in [0.25, 0.3) is 10.0 Å². The van der Waals surface area contributed by atoms with Crippen molar-refractivity contribution in [2.24, 2.45) is 0 Å². The van der Waals surface area contributed by atoms with Crippen LogP contribution in [0.2, 0.25) is 5.02 Å². The number of amides is 2. The number of halogens is 2. The number of sulfonamides is 1. The van der Waals surface area contributed by atoms with Crippen molar-refractivity contribution in [1.82, 2.24) is 10.2 Å². The molecule has 0 saturated heterocycles. The molecular weight excluding hydrogens is 529 g/mol. The van der Waals surface area contributed by atoms with Crippen LogP contribution in [0, 0.1) is 12.7 Å². The Morgan fingerprint density at radius 3 is 2.16 bits per heavy atom. The Balaban J connectivity index is 2.06. The Labute approximate surface area is 228 Å². The minimum Gasteiger partial charge on any atom is -0.352 e. The smallest absolute Gasteiger partial charge is 0.264 e. The molecule has 38 heavy (non-hydrogen) atoms. The highest BCUT2D eigenvalue weighted by atomic mass is 35.5. The van der Waals surface area contributed by atoms with Gasteiger partial charge in [-0.25, -0.2) is 12.8 Å². The van der Waals surface area contributed by atoms with E-state index in [-0.39, 0.29) is 23.0 Å². The minimum atomic E-state index is -4.22. The summed E-state index contributed by atoms with van der Waals surface area (Å²) in [4.78, 5) is 27.8. The van der Waals surface area contributed by atoms with Crippen molar-refractivity contribution in [3.8, 4) is 0 Å². The predicted octanol–water partition coefficient (Wildman–Crippen LogP) is 4.92. The highest BCUT2D eigenvalue weighted by Gasteiger charge is 2.33. The average molecular weight is 560 g/mol. The maximum atomic E-state index is 14.6. The number of anilines is 1. The molecule has 0 saturated carbocycles. The Morgan fingerprint density at radius 2 is 1.55 bits per heavy atom. The van der Waals surface area contributed by atoms with Gasteiger partial charge in [0.15, 0.2) is 0 Å². The van der Waals surface area contributed by atoms with Gasteiger partial charge in [-0.15, -0.1) is 0 Å². The number of nitrogens with one attached hydrogen (secondary N) is 1. The van der Waals surface area contributed by atoms with Gasteiger partial charge in [0.2, 0.25) is 11.8 Å². The zero-order valence-electron chi connectivity index (χ0n) is 21.7. The molecule has 2 amide bonds.